The fraction of sp³-hybridized carbons (Fsp3) is 0.591. The average molecular weight is 1110 g/mol. The van der Waals surface area contributed by atoms with E-state index in [0.29, 0.717) is 19.3 Å². The van der Waals surface area contributed by atoms with Crippen LogP contribution < -0.4 is 0 Å². The lowest BCUT2D eigenvalue weighted by Gasteiger charge is -2.21. The second-order valence-corrected chi connectivity index (χ2v) is 20.5. The molecule has 3 atom stereocenters. The Balaban J connectivity index is 4.93. The summed E-state index contributed by atoms with van der Waals surface area (Å²) in [5.41, 5.74) is 0. The van der Waals surface area contributed by atoms with Gasteiger partial charge in [-0.2, -0.15) is 0 Å². The summed E-state index contributed by atoms with van der Waals surface area (Å²) < 4.78 is 39.4. The minimum Gasteiger partial charge on any atom is -0.462 e. The molecule has 0 aromatic carbocycles. The van der Waals surface area contributed by atoms with E-state index >= 15 is 0 Å². The van der Waals surface area contributed by atoms with Gasteiger partial charge < -0.3 is 24.2 Å². The van der Waals surface area contributed by atoms with Crippen molar-refractivity contribution < 1.29 is 52.2 Å². The molecule has 0 saturated heterocycles. The monoisotopic (exact) mass is 1100 g/mol. The molecule has 0 aliphatic carbocycles. The Bertz CT molecular complexity index is 1860. The molecule has 0 spiro atoms. The molecule has 11 nitrogen and oxygen atoms in total. The number of allylic oxidation sites excluding steroid dienone is 24. The highest BCUT2D eigenvalue weighted by Gasteiger charge is 2.28. The topological polar surface area (TPSA) is 155 Å². The van der Waals surface area contributed by atoms with Crippen LogP contribution in [0.4, 0.5) is 0 Å². The molecule has 0 aliphatic heterocycles. The van der Waals surface area contributed by atoms with Gasteiger partial charge in [0.25, 0.3) is 0 Å². The number of hydrogen-bond acceptors (Lipinski definition) is 10. The van der Waals surface area contributed by atoms with Crippen molar-refractivity contribution in [3.63, 3.8) is 0 Å². The number of aliphatic hydroxyl groups excluding tert-OH is 1. The first-order chi connectivity index (χ1) is 38.2. The van der Waals surface area contributed by atoms with E-state index in [4.69, 9.17) is 23.3 Å². The van der Waals surface area contributed by atoms with E-state index in [1.54, 1.807) is 0 Å². The van der Waals surface area contributed by atoms with Crippen LogP contribution in [0.2, 0.25) is 0 Å². The molecule has 0 aromatic rings. The van der Waals surface area contributed by atoms with Crippen LogP contribution >= 0.6 is 7.82 Å². The van der Waals surface area contributed by atoms with Gasteiger partial charge in [0.2, 0.25) is 0 Å². The highest BCUT2D eigenvalue weighted by Crippen LogP contribution is 2.43. The molecule has 0 aliphatic rings. The average Bonchev–Trinajstić information content (AvgIpc) is 3.43. The largest absolute Gasteiger partial charge is 0.472 e. The molecule has 0 bridgehead atoms. The summed E-state index contributed by atoms with van der Waals surface area (Å²) in [5, 5.41) is 9.82. The molecule has 3 unspecified atom stereocenters. The maximum Gasteiger partial charge on any atom is 0.472 e. The molecule has 0 radical (unpaired) electrons. The van der Waals surface area contributed by atoms with Gasteiger partial charge in [-0.1, -0.05) is 212 Å². The number of aliphatic hydroxyl groups is 1. The third-order valence-electron chi connectivity index (χ3n) is 11.7. The summed E-state index contributed by atoms with van der Waals surface area (Å²) in [4.78, 5) is 48.6. The predicted octanol–water partition coefficient (Wildman–Crippen LogP) is 17.9. The van der Waals surface area contributed by atoms with Crippen LogP contribution in [0.25, 0.3) is 0 Å². The van der Waals surface area contributed by atoms with E-state index in [1.165, 1.54) is 25.7 Å². The molecule has 0 fully saturated rings. The van der Waals surface area contributed by atoms with Crippen LogP contribution in [-0.2, 0) is 42.2 Å². The van der Waals surface area contributed by atoms with E-state index < -0.39 is 64.4 Å². The molecule has 0 amide bonds. The lowest BCUT2D eigenvalue weighted by molar-refractivity contribution is -0.161. The fourth-order valence-corrected chi connectivity index (χ4v) is 8.07. The fourth-order valence-electron chi connectivity index (χ4n) is 7.28. The first kappa shape index (κ1) is 73.4. The summed E-state index contributed by atoms with van der Waals surface area (Å²) in [6.45, 7) is 4.25. The summed E-state index contributed by atoms with van der Waals surface area (Å²) in [5.74, 6) is -1.63. The van der Waals surface area contributed by atoms with Crippen molar-refractivity contribution in [1.82, 2.24) is 0 Å². The molecule has 440 valence electrons. The van der Waals surface area contributed by atoms with Crippen molar-refractivity contribution in [2.45, 2.75) is 226 Å². The number of unbranched alkanes of at least 4 members (excludes halogenated alkanes) is 12. The zero-order chi connectivity index (χ0) is 56.9. The number of carbonyl (C=O) groups is 3. The molecular formula is C66H105O11P. The predicted molar refractivity (Wildman–Crippen MR) is 325 cm³/mol. The number of rotatable bonds is 53. The van der Waals surface area contributed by atoms with Gasteiger partial charge in [0.05, 0.1) is 19.8 Å². The van der Waals surface area contributed by atoms with Crippen LogP contribution in [0.5, 0.6) is 0 Å². The highest BCUT2D eigenvalue weighted by atomic mass is 31.2. The summed E-state index contributed by atoms with van der Waals surface area (Å²) in [6, 6.07) is 0. The van der Waals surface area contributed by atoms with E-state index in [1.807, 2.05) is 12.2 Å². The summed E-state index contributed by atoms with van der Waals surface area (Å²) >= 11 is 0. The van der Waals surface area contributed by atoms with E-state index in [2.05, 4.69) is 154 Å². The van der Waals surface area contributed by atoms with Crippen molar-refractivity contribution in [2.75, 3.05) is 26.4 Å². The van der Waals surface area contributed by atoms with Gasteiger partial charge in [0.15, 0.2) is 6.10 Å². The Labute approximate surface area is 473 Å². The van der Waals surface area contributed by atoms with Crippen LogP contribution in [0.1, 0.15) is 213 Å². The van der Waals surface area contributed by atoms with Crippen molar-refractivity contribution in [2.24, 2.45) is 0 Å². The van der Waals surface area contributed by atoms with Gasteiger partial charge in [-0.3, -0.25) is 23.4 Å². The third-order valence-corrected chi connectivity index (χ3v) is 12.7. The third kappa shape index (κ3) is 56.1. The molecule has 0 aromatic heterocycles. The Hall–Kier alpha value is -4.64. The Kier molecular flexibility index (Phi) is 55.0. The Morgan fingerprint density at radius 2 is 0.692 bits per heavy atom. The van der Waals surface area contributed by atoms with Gasteiger partial charge in [0.1, 0.15) is 12.7 Å². The van der Waals surface area contributed by atoms with Gasteiger partial charge in [-0.15, -0.1) is 0 Å². The number of hydrogen-bond donors (Lipinski definition) is 2. The SMILES string of the molecule is CC/C=C\C/C=C\C/C=C\C/C=C\C/C=C\C/C=C\CCC(=O)OCC(COP(=O)(O)OCC(CO)OC(=O)CCCCCCC/C=C\CCCCCC)OC(=O)CCCCC/C=C\C/C=C\C/C=C\C/C=C\C/C=C\CC. The first-order valence-electron chi connectivity index (χ1n) is 29.7. The smallest absolute Gasteiger partial charge is 0.462 e. The zero-order valence-corrected chi connectivity index (χ0v) is 49.5. The number of ether oxygens (including phenoxy) is 3. The minimum atomic E-state index is -4.79. The van der Waals surface area contributed by atoms with Gasteiger partial charge >= 0.3 is 25.7 Å². The maximum absolute atomic E-state index is 12.9. The van der Waals surface area contributed by atoms with Gasteiger partial charge in [-0.25, -0.2) is 4.57 Å². The molecule has 12 heteroatoms. The van der Waals surface area contributed by atoms with Gasteiger partial charge in [0, 0.05) is 19.3 Å². The van der Waals surface area contributed by atoms with E-state index in [9.17, 15) is 28.9 Å². The lowest BCUT2D eigenvalue weighted by Crippen LogP contribution is -2.30. The highest BCUT2D eigenvalue weighted by molar-refractivity contribution is 7.47. The molecule has 0 heterocycles. The van der Waals surface area contributed by atoms with Crippen molar-refractivity contribution in [3.05, 3.63) is 146 Å². The van der Waals surface area contributed by atoms with Crippen LogP contribution in [0.3, 0.4) is 0 Å². The number of carbonyl (C=O) groups excluding carboxylic acids is 3. The van der Waals surface area contributed by atoms with Crippen molar-refractivity contribution >= 4 is 25.7 Å². The van der Waals surface area contributed by atoms with Crippen LogP contribution in [0.15, 0.2) is 146 Å². The van der Waals surface area contributed by atoms with Gasteiger partial charge in [-0.05, 0) is 128 Å². The van der Waals surface area contributed by atoms with Crippen LogP contribution in [0, 0.1) is 0 Å². The molecular weight excluding hydrogens is 1000 g/mol. The first-order valence-corrected chi connectivity index (χ1v) is 31.2. The summed E-state index contributed by atoms with van der Waals surface area (Å²) in [6.07, 6.45) is 75.3. The Morgan fingerprint density at radius 1 is 0.372 bits per heavy atom. The molecule has 0 saturated carbocycles. The molecule has 78 heavy (non-hydrogen) atoms. The van der Waals surface area contributed by atoms with Crippen LogP contribution in [-0.4, -0.2) is 66.5 Å². The zero-order valence-electron chi connectivity index (χ0n) is 48.6. The van der Waals surface area contributed by atoms with E-state index in [0.717, 1.165) is 128 Å². The minimum absolute atomic E-state index is 0.0849. The standard InChI is InChI=1S/C66H105O11P/c1-4-7-10-13-16-19-22-25-27-29-31-33-35-38-40-43-46-49-52-55-64(68)73-59-63(77-66(70)57-54-51-48-45-42-39-36-34-32-30-28-26-23-20-17-14-11-8-5-2)61-75-78(71,72)74-60-62(58-67)76-65(69)56-53-50-47-44-41-37-24-21-18-15-12-9-6-3/h7-8,10-11,16-17,19-21,24-28,31-34,38-40,42,46,49,62-63,67H,4-6,9,12-15,18,22-23,29-30,35-37,41,43-45,47-48,50-61H2,1-3H3,(H,71,72)/b10-7-,11-8-,19-16-,20-17-,24-21-,27-25-,28-26-,33-31-,34-32-,40-38-,42-39-,49-46-. The Morgan fingerprint density at radius 3 is 1.10 bits per heavy atom. The molecule has 0 rings (SSSR count). The number of esters is 3. The second kappa shape index (κ2) is 58.5. The van der Waals surface area contributed by atoms with E-state index in [-0.39, 0.29) is 19.3 Å². The lowest BCUT2D eigenvalue weighted by atomic mass is 10.1. The normalized spacial score (nSPS) is 14.4. The quantitative estimate of drug-likeness (QED) is 0.0197. The number of phosphoric acid groups is 1. The second-order valence-electron chi connectivity index (χ2n) is 19.0. The molecule has 2 N–H and O–H groups in total. The maximum atomic E-state index is 12.9. The van der Waals surface area contributed by atoms with Crippen molar-refractivity contribution in [3.8, 4) is 0 Å². The summed E-state index contributed by atoms with van der Waals surface area (Å²) in [7, 11) is -4.79. The van der Waals surface area contributed by atoms with Crippen molar-refractivity contribution in [1.29, 1.82) is 0 Å². The number of phosphoric ester groups is 1.